The monoisotopic (exact) mass is 459 g/mol. The summed E-state index contributed by atoms with van der Waals surface area (Å²) in [7, 11) is -3.30. The summed E-state index contributed by atoms with van der Waals surface area (Å²) in [5, 5.41) is 18.2. The van der Waals surface area contributed by atoms with Gasteiger partial charge in [0.15, 0.2) is 0 Å². The number of sulfonamides is 1. The summed E-state index contributed by atoms with van der Waals surface area (Å²) < 4.78 is 25.2. The molecule has 1 aliphatic rings. The minimum atomic E-state index is -3.30. The second-order valence-electron chi connectivity index (χ2n) is 7.90. The summed E-state index contributed by atoms with van der Waals surface area (Å²) in [6.45, 7) is 1.40. The summed E-state index contributed by atoms with van der Waals surface area (Å²) in [5.41, 5.74) is 6.55. The van der Waals surface area contributed by atoms with Crippen LogP contribution in [0.15, 0.2) is 48.5 Å². The van der Waals surface area contributed by atoms with Gasteiger partial charge in [0.25, 0.3) is 5.91 Å². The van der Waals surface area contributed by atoms with E-state index < -0.39 is 15.9 Å². The number of benzene rings is 2. The Hall–Kier alpha value is -2.72. The number of hydrogen-bond acceptors (Lipinski definition) is 6. The van der Waals surface area contributed by atoms with Crippen LogP contribution in [0.1, 0.15) is 34.7 Å². The van der Waals surface area contributed by atoms with Gasteiger partial charge < -0.3 is 5.11 Å². The fraction of sp³-hybridized carbons (Fsp3) is 0.348. The highest BCUT2D eigenvalue weighted by molar-refractivity contribution is 7.92. The molecule has 2 aromatic carbocycles. The standard InChI is InChI=1S/C23H29N3O5S/c1-32(30,31)25-20-7-2-17(3-8-20)12-13-26(14-15-27)22-10-6-19-16-18(4-9-21(19)22)5-11-23(28)24-29/h2-5,7-9,11,16,22,25,27,29H,6,10,12-15H2,1H3,(H,24,28). The first-order valence-corrected chi connectivity index (χ1v) is 12.3. The molecule has 0 saturated carbocycles. The number of aliphatic hydroxyl groups excluding tert-OH is 1. The molecule has 3 rings (SSSR count). The topological polar surface area (TPSA) is 119 Å². The Labute approximate surface area is 188 Å². The molecule has 0 aliphatic heterocycles. The van der Waals surface area contributed by atoms with Crippen LogP contribution in [0.2, 0.25) is 0 Å². The third-order valence-electron chi connectivity index (χ3n) is 5.52. The van der Waals surface area contributed by atoms with E-state index in [2.05, 4.69) is 21.8 Å². The lowest BCUT2D eigenvalue weighted by molar-refractivity contribution is -0.124. The van der Waals surface area contributed by atoms with Crippen LogP contribution in [0.3, 0.4) is 0 Å². The molecule has 4 N–H and O–H groups in total. The zero-order valence-corrected chi connectivity index (χ0v) is 18.8. The van der Waals surface area contributed by atoms with Crippen molar-refractivity contribution >= 4 is 27.7 Å². The molecule has 0 bridgehead atoms. The van der Waals surface area contributed by atoms with Gasteiger partial charge in [0.1, 0.15) is 0 Å². The van der Waals surface area contributed by atoms with E-state index in [9.17, 15) is 18.3 Å². The Kier molecular flexibility index (Phi) is 8.03. The number of rotatable bonds is 10. The van der Waals surface area contributed by atoms with Gasteiger partial charge in [-0.2, -0.15) is 0 Å². The number of hydrogen-bond donors (Lipinski definition) is 4. The lowest BCUT2D eigenvalue weighted by atomic mass is 10.0. The second-order valence-corrected chi connectivity index (χ2v) is 9.65. The van der Waals surface area contributed by atoms with Gasteiger partial charge in [0.05, 0.1) is 12.9 Å². The number of nitrogens with zero attached hydrogens (tertiary/aromatic N) is 1. The number of carbonyl (C=O) groups excluding carboxylic acids is 1. The molecule has 9 heteroatoms. The van der Waals surface area contributed by atoms with Crippen LogP contribution in [0.5, 0.6) is 0 Å². The largest absolute Gasteiger partial charge is 0.395 e. The van der Waals surface area contributed by atoms with Gasteiger partial charge in [-0.15, -0.1) is 0 Å². The molecule has 172 valence electrons. The van der Waals surface area contributed by atoms with Gasteiger partial charge in [-0.25, -0.2) is 13.9 Å². The molecule has 0 aromatic heterocycles. The van der Waals surface area contributed by atoms with E-state index in [1.54, 1.807) is 23.7 Å². The predicted molar refractivity (Wildman–Crippen MR) is 124 cm³/mol. The van der Waals surface area contributed by atoms with Gasteiger partial charge in [-0.3, -0.25) is 19.6 Å². The van der Waals surface area contributed by atoms with Crippen molar-refractivity contribution in [2.24, 2.45) is 0 Å². The van der Waals surface area contributed by atoms with Crippen molar-refractivity contribution in [3.8, 4) is 0 Å². The van der Waals surface area contributed by atoms with Crippen molar-refractivity contribution in [2.45, 2.75) is 25.3 Å². The molecule has 0 fully saturated rings. The smallest absolute Gasteiger partial charge is 0.267 e. The molecule has 8 nitrogen and oxygen atoms in total. The highest BCUT2D eigenvalue weighted by Crippen LogP contribution is 2.36. The van der Waals surface area contributed by atoms with Crippen LogP contribution in [0.25, 0.3) is 6.08 Å². The Balaban J connectivity index is 1.67. The Morgan fingerprint density at radius 2 is 1.94 bits per heavy atom. The Bertz CT molecular complexity index is 1070. The molecule has 0 saturated heterocycles. The number of hydroxylamine groups is 1. The zero-order chi connectivity index (χ0) is 23.1. The summed E-state index contributed by atoms with van der Waals surface area (Å²) in [5.74, 6) is -0.572. The molecule has 1 unspecified atom stereocenters. The zero-order valence-electron chi connectivity index (χ0n) is 18.0. The third-order valence-corrected chi connectivity index (χ3v) is 6.13. The van der Waals surface area contributed by atoms with E-state index in [1.807, 2.05) is 18.2 Å². The van der Waals surface area contributed by atoms with Crippen molar-refractivity contribution in [3.05, 3.63) is 70.8 Å². The normalized spacial score (nSPS) is 15.8. The molecule has 2 aromatic rings. The van der Waals surface area contributed by atoms with Crippen molar-refractivity contribution in [1.82, 2.24) is 10.4 Å². The lowest BCUT2D eigenvalue weighted by Gasteiger charge is -2.29. The molecular formula is C23H29N3O5S. The fourth-order valence-electron chi connectivity index (χ4n) is 4.09. The minimum Gasteiger partial charge on any atom is -0.395 e. The van der Waals surface area contributed by atoms with Gasteiger partial charge in [-0.1, -0.05) is 30.3 Å². The maximum Gasteiger partial charge on any atom is 0.267 e. The van der Waals surface area contributed by atoms with E-state index in [-0.39, 0.29) is 12.6 Å². The summed E-state index contributed by atoms with van der Waals surface area (Å²) in [6, 6.07) is 13.6. The average molecular weight is 460 g/mol. The number of amides is 1. The number of aryl methyl sites for hydroxylation is 1. The maximum atomic E-state index is 11.3. The first kappa shape index (κ1) is 23.9. The highest BCUT2D eigenvalue weighted by atomic mass is 32.2. The quantitative estimate of drug-likeness (QED) is 0.245. The molecule has 0 spiro atoms. The third kappa shape index (κ3) is 6.64. The second kappa shape index (κ2) is 10.7. The molecule has 1 aliphatic carbocycles. The molecule has 1 amide bonds. The molecule has 32 heavy (non-hydrogen) atoms. The summed E-state index contributed by atoms with van der Waals surface area (Å²) in [4.78, 5) is 13.5. The number of nitrogens with one attached hydrogen (secondary N) is 2. The highest BCUT2D eigenvalue weighted by Gasteiger charge is 2.27. The molecular weight excluding hydrogens is 430 g/mol. The van der Waals surface area contributed by atoms with Gasteiger partial charge in [0.2, 0.25) is 10.0 Å². The van der Waals surface area contributed by atoms with Crippen LogP contribution in [-0.4, -0.2) is 55.5 Å². The fourth-order valence-corrected chi connectivity index (χ4v) is 4.65. The van der Waals surface area contributed by atoms with E-state index in [4.69, 9.17) is 5.21 Å². The van der Waals surface area contributed by atoms with Gasteiger partial charge in [-0.05, 0) is 59.7 Å². The predicted octanol–water partition coefficient (Wildman–Crippen LogP) is 2.10. The van der Waals surface area contributed by atoms with Crippen molar-refractivity contribution < 1.29 is 23.5 Å². The number of fused-ring (bicyclic) bond motifs is 1. The van der Waals surface area contributed by atoms with Crippen molar-refractivity contribution in [2.75, 3.05) is 30.7 Å². The van der Waals surface area contributed by atoms with Crippen LogP contribution >= 0.6 is 0 Å². The summed E-state index contributed by atoms with van der Waals surface area (Å²) in [6.07, 6.45) is 6.72. The maximum absolute atomic E-state index is 11.3. The minimum absolute atomic E-state index is 0.0696. The first-order valence-electron chi connectivity index (χ1n) is 10.5. The number of anilines is 1. The molecule has 1 atom stereocenters. The SMILES string of the molecule is CS(=O)(=O)Nc1ccc(CCN(CCO)C2CCc3cc(C=CC(=O)NO)ccc32)cc1. The van der Waals surface area contributed by atoms with Crippen molar-refractivity contribution in [1.29, 1.82) is 0 Å². The van der Waals surface area contributed by atoms with Crippen LogP contribution in [0.4, 0.5) is 5.69 Å². The Morgan fingerprint density at radius 3 is 2.59 bits per heavy atom. The van der Waals surface area contributed by atoms with Crippen LogP contribution in [0, 0.1) is 0 Å². The van der Waals surface area contributed by atoms with E-state index >= 15 is 0 Å². The Morgan fingerprint density at radius 1 is 1.19 bits per heavy atom. The summed E-state index contributed by atoms with van der Waals surface area (Å²) >= 11 is 0. The number of aliphatic hydroxyl groups is 1. The lowest BCUT2D eigenvalue weighted by Crippen LogP contribution is -2.32. The van der Waals surface area contributed by atoms with Crippen molar-refractivity contribution in [3.63, 3.8) is 0 Å². The van der Waals surface area contributed by atoms with Gasteiger partial charge in [0, 0.05) is 30.9 Å². The van der Waals surface area contributed by atoms with E-state index in [0.29, 0.717) is 12.2 Å². The van der Waals surface area contributed by atoms with E-state index in [1.165, 1.54) is 17.2 Å². The first-order chi connectivity index (χ1) is 15.3. The molecule has 0 radical (unpaired) electrons. The van der Waals surface area contributed by atoms with Crippen LogP contribution < -0.4 is 10.2 Å². The number of carbonyl (C=O) groups is 1. The van der Waals surface area contributed by atoms with Gasteiger partial charge >= 0.3 is 0 Å². The average Bonchev–Trinajstić information content (AvgIpc) is 3.18. The van der Waals surface area contributed by atoms with Crippen LogP contribution in [-0.2, 0) is 27.7 Å². The molecule has 0 heterocycles. The van der Waals surface area contributed by atoms with E-state index in [0.717, 1.165) is 43.2 Å².